The van der Waals surface area contributed by atoms with Crippen LogP contribution < -0.4 is 5.32 Å². The SMILES string of the molecule is CC[N+](CC)(CC)CCN[C@H](c1ccccc1)C(Cl)(Cl)Cl. The zero-order valence-electron chi connectivity index (χ0n) is 13.1. The van der Waals surface area contributed by atoms with Crippen LogP contribution in [-0.4, -0.2) is 41.0 Å². The van der Waals surface area contributed by atoms with E-state index in [1.807, 2.05) is 30.3 Å². The van der Waals surface area contributed by atoms with Crippen LogP contribution in [0.15, 0.2) is 30.3 Å². The van der Waals surface area contributed by atoms with E-state index in [1.165, 1.54) is 0 Å². The van der Waals surface area contributed by atoms with Gasteiger partial charge in [-0.3, -0.25) is 0 Å². The van der Waals surface area contributed by atoms with E-state index in [1.54, 1.807) is 0 Å². The lowest BCUT2D eigenvalue weighted by Gasteiger charge is -2.37. The summed E-state index contributed by atoms with van der Waals surface area (Å²) < 4.78 is -0.282. The van der Waals surface area contributed by atoms with Crippen LogP contribution >= 0.6 is 34.8 Å². The van der Waals surface area contributed by atoms with Crippen LogP contribution in [-0.2, 0) is 0 Å². The number of likely N-dealkylation sites (N-methyl/N-ethyl adjacent to an activating group) is 1. The second-order valence-electron chi connectivity index (χ2n) is 5.35. The molecule has 5 heteroatoms. The van der Waals surface area contributed by atoms with Gasteiger partial charge in [-0.1, -0.05) is 65.1 Å². The van der Waals surface area contributed by atoms with Gasteiger partial charge in [-0.2, -0.15) is 0 Å². The Balaban J connectivity index is 2.72. The van der Waals surface area contributed by atoms with Gasteiger partial charge in [-0.05, 0) is 26.3 Å². The molecule has 1 rings (SSSR count). The van der Waals surface area contributed by atoms with Crippen molar-refractivity contribution in [3.63, 3.8) is 0 Å². The summed E-state index contributed by atoms with van der Waals surface area (Å²) in [6.45, 7) is 11.9. The summed E-state index contributed by atoms with van der Waals surface area (Å²) in [5.74, 6) is 0. The Morgan fingerprint density at radius 3 is 1.95 bits per heavy atom. The lowest BCUT2D eigenvalue weighted by Crippen LogP contribution is -2.51. The topological polar surface area (TPSA) is 12.0 Å². The monoisotopic (exact) mass is 351 g/mol. The molecular formula is C16H26Cl3N2+. The third-order valence-corrected chi connectivity index (χ3v) is 5.06. The molecule has 0 amide bonds. The molecule has 0 bridgehead atoms. The Kier molecular flexibility index (Phi) is 7.80. The third-order valence-electron chi connectivity index (χ3n) is 4.41. The molecule has 0 heterocycles. The number of nitrogens with one attached hydrogen (secondary N) is 1. The van der Waals surface area contributed by atoms with Crippen molar-refractivity contribution in [2.24, 2.45) is 0 Å². The van der Waals surface area contributed by atoms with Crippen molar-refractivity contribution >= 4 is 34.8 Å². The van der Waals surface area contributed by atoms with Crippen LogP contribution in [0.1, 0.15) is 32.4 Å². The Morgan fingerprint density at radius 1 is 1.00 bits per heavy atom. The van der Waals surface area contributed by atoms with Gasteiger partial charge in [-0.15, -0.1) is 0 Å². The first-order valence-corrected chi connectivity index (χ1v) is 8.72. The first-order chi connectivity index (χ1) is 9.88. The molecule has 0 unspecified atom stereocenters. The maximum atomic E-state index is 6.15. The predicted octanol–water partition coefficient (Wildman–Crippen LogP) is 4.56. The standard InChI is InChI=1S/C16H26Cl3N2/c1-4-21(5-2,6-3)13-12-20-15(16(17,18)19)14-10-8-7-9-11-14/h7-11,15,20H,4-6,12-13H2,1-3H3/q+1/t15-/m1/s1. The van der Waals surface area contributed by atoms with Gasteiger partial charge < -0.3 is 9.80 Å². The molecule has 0 aliphatic rings. The molecular weight excluding hydrogens is 327 g/mol. The highest BCUT2D eigenvalue weighted by atomic mass is 35.6. The average Bonchev–Trinajstić information content (AvgIpc) is 2.48. The molecule has 0 saturated carbocycles. The summed E-state index contributed by atoms with van der Waals surface area (Å²) in [5, 5.41) is 3.42. The average molecular weight is 353 g/mol. The summed E-state index contributed by atoms with van der Waals surface area (Å²) >= 11 is 18.4. The molecule has 0 aliphatic carbocycles. The minimum Gasteiger partial charge on any atom is -0.323 e. The predicted molar refractivity (Wildman–Crippen MR) is 94.2 cm³/mol. The zero-order valence-corrected chi connectivity index (χ0v) is 15.3. The van der Waals surface area contributed by atoms with Crippen molar-refractivity contribution in [3.8, 4) is 0 Å². The van der Waals surface area contributed by atoms with Gasteiger partial charge in [0.05, 0.1) is 32.2 Å². The van der Waals surface area contributed by atoms with Crippen LogP contribution in [0.2, 0.25) is 0 Å². The molecule has 120 valence electrons. The number of alkyl halides is 3. The second kappa shape index (κ2) is 8.59. The fourth-order valence-corrected chi connectivity index (χ4v) is 3.27. The molecule has 21 heavy (non-hydrogen) atoms. The van der Waals surface area contributed by atoms with E-state index in [-0.39, 0.29) is 6.04 Å². The van der Waals surface area contributed by atoms with Gasteiger partial charge >= 0.3 is 0 Å². The number of nitrogens with zero attached hydrogens (tertiary/aromatic N) is 1. The smallest absolute Gasteiger partial charge is 0.209 e. The first kappa shape index (κ1) is 19.1. The maximum Gasteiger partial charge on any atom is 0.209 e. The van der Waals surface area contributed by atoms with Crippen LogP contribution in [0.4, 0.5) is 0 Å². The summed E-state index contributed by atoms with van der Waals surface area (Å²) in [6.07, 6.45) is 0. The highest BCUT2D eigenvalue weighted by Crippen LogP contribution is 2.39. The van der Waals surface area contributed by atoms with Gasteiger partial charge in [0.15, 0.2) is 0 Å². The zero-order chi connectivity index (χ0) is 15.9. The van der Waals surface area contributed by atoms with Gasteiger partial charge in [0.1, 0.15) is 0 Å². The van der Waals surface area contributed by atoms with E-state index >= 15 is 0 Å². The second-order valence-corrected chi connectivity index (χ2v) is 7.72. The minimum absolute atomic E-state index is 0.295. The van der Waals surface area contributed by atoms with Crippen molar-refractivity contribution in [2.75, 3.05) is 32.7 Å². The van der Waals surface area contributed by atoms with E-state index in [2.05, 4.69) is 26.1 Å². The van der Waals surface area contributed by atoms with E-state index < -0.39 is 3.79 Å². The third kappa shape index (κ3) is 5.61. The fourth-order valence-electron chi connectivity index (χ4n) is 2.66. The van der Waals surface area contributed by atoms with E-state index in [0.29, 0.717) is 0 Å². The summed E-state index contributed by atoms with van der Waals surface area (Å²) in [7, 11) is 0. The Labute approximate surface area is 144 Å². The number of halogens is 3. The van der Waals surface area contributed by atoms with E-state index in [0.717, 1.165) is 42.8 Å². The Bertz CT molecular complexity index is 391. The van der Waals surface area contributed by atoms with Crippen LogP contribution in [0.5, 0.6) is 0 Å². The van der Waals surface area contributed by atoms with Gasteiger partial charge in [0.25, 0.3) is 0 Å². The summed E-state index contributed by atoms with van der Waals surface area (Å²) in [5.41, 5.74) is 1.00. The molecule has 0 aliphatic heterocycles. The maximum absolute atomic E-state index is 6.15. The molecule has 0 radical (unpaired) electrons. The number of hydrogen-bond acceptors (Lipinski definition) is 1. The molecule has 0 saturated heterocycles. The lowest BCUT2D eigenvalue weighted by molar-refractivity contribution is -0.922. The molecule has 1 aromatic rings. The summed E-state index contributed by atoms with van der Waals surface area (Å²) in [4.78, 5) is 0. The van der Waals surface area contributed by atoms with Gasteiger partial charge in [0.2, 0.25) is 3.79 Å². The van der Waals surface area contributed by atoms with Crippen LogP contribution in [0.25, 0.3) is 0 Å². The summed E-state index contributed by atoms with van der Waals surface area (Å²) in [6, 6.07) is 9.57. The first-order valence-electron chi connectivity index (χ1n) is 7.58. The molecule has 0 aromatic heterocycles. The largest absolute Gasteiger partial charge is 0.323 e. The van der Waals surface area contributed by atoms with Crippen molar-refractivity contribution in [3.05, 3.63) is 35.9 Å². The van der Waals surface area contributed by atoms with Crippen LogP contribution in [0.3, 0.4) is 0 Å². The fraction of sp³-hybridized carbons (Fsp3) is 0.625. The van der Waals surface area contributed by atoms with Gasteiger partial charge in [-0.25, -0.2) is 0 Å². The van der Waals surface area contributed by atoms with Crippen molar-refractivity contribution in [2.45, 2.75) is 30.6 Å². The minimum atomic E-state index is -1.36. The highest BCUT2D eigenvalue weighted by Gasteiger charge is 2.34. The molecule has 0 spiro atoms. The quantitative estimate of drug-likeness (QED) is 0.534. The van der Waals surface area contributed by atoms with E-state index in [4.69, 9.17) is 34.8 Å². The number of rotatable bonds is 8. The van der Waals surface area contributed by atoms with Crippen molar-refractivity contribution in [1.82, 2.24) is 5.32 Å². The van der Waals surface area contributed by atoms with Crippen molar-refractivity contribution in [1.29, 1.82) is 0 Å². The Morgan fingerprint density at radius 2 is 1.52 bits per heavy atom. The molecule has 1 N–H and O–H groups in total. The lowest BCUT2D eigenvalue weighted by atomic mass is 10.1. The Hall–Kier alpha value is 0.01000. The molecule has 0 fully saturated rings. The normalized spacial score (nSPS) is 14.2. The molecule has 1 atom stereocenters. The highest BCUT2D eigenvalue weighted by molar-refractivity contribution is 6.68. The van der Waals surface area contributed by atoms with Crippen molar-refractivity contribution < 1.29 is 4.48 Å². The number of hydrogen-bond donors (Lipinski definition) is 1. The number of benzene rings is 1. The van der Waals surface area contributed by atoms with E-state index in [9.17, 15) is 0 Å². The molecule has 2 nitrogen and oxygen atoms in total. The molecule has 1 aromatic carbocycles. The number of quaternary nitrogens is 1. The van der Waals surface area contributed by atoms with Crippen LogP contribution in [0, 0.1) is 0 Å². The van der Waals surface area contributed by atoms with Gasteiger partial charge in [0, 0.05) is 6.54 Å².